The van der Waals surface area contributed by atoms with Gasteiger partial charge in [-0.1, -0.05) is 0 Å². The van der Waals surface area contributed by atoms with Gasteiger partial charge in [-0.05, 0) is 25.2 Å². The number of carboxylic acid groups (broad SMARTS) is 2. The summed E-state index contributed by atoms with van der Waals surface area (Å²) in [7, 11) is 0. The molecule has 5 heteroatoms. The molecule has 1 rings (SSSR count). The number of aliphatic carboxylic acids is 2. The lowest BCUT2D eigenvalue weighted by Gasteiger charge is -2.17. The molecule has 0 spiro atoms. The molecule has 5 nitrogen and oxygen atoms in total. The first-order valence-electron chi connectivity index (χ1n) is 4.18. The molecule has 13 heavy (non-hydrogen) atoms. The van der Waals surface area contributed by atoms with E-state index in [2.05, 4.69) is 0 Å². The van der Waals surface area contributed by atoms with Crippen molar-refractivity contribution in [3.63, 3.8) is 0 Å². The van der Waals surface area contributed by atoms with E-state index in [-0.39, 0.29) is 18.8 Å². The van der Waals surface area contributed by atoms with Crippen molar-refractivity contribution in [1.82, 2.24) is 0 Å². The third-order valence-corrected chi connectivity index (χ3v) is 2.54. The lowest BCUT2D eigenvalue weighted by Crippen LogP contribution is -2.45. The molecule has 0 bridgehead atoms. The molecule has 2 unspecified atom stereocenters. The molecule has 1 fully saturated rings. The quantitative estimate of drug-likeness (QED) is 0.579. The number of carboxylic acids is 2. The second kappa shape index (κ2) is 3.33. The highest BCUT2D eigenvalue weighted by Crippen LogP contribution is 2.34. The second-order valence-electron chi connectivity index (χ2n) is 3.67. The first-order chi connectivity index (χ1) is 5.94. The Labute approximate surface area is 75.5 Å². The van der Waals surface area contributed by atoms with Gasteiger partial charge in [0.15, 0.2) is 0 Å². The fourth-order valence-corrected chi connectivity index (χ4v) is 1.80. The molecule has 0 heterocycles. The fraction of sp³-hybridized carbons (Fsp3) is 0.750. The van der Waals surface area contributed by atoms with Crippen molar-refractivity contribution in [2.45, 2.75) is 31.2 Å². The topological polar surface area (TPSA) is 101 Å². The van der Waals surface area contributed by atoms with Gasteiger partial charge in [0.1, 0.15) is 5.54 Å². The highest BCUT2D eigenvalue weighted by Gasteiger charge is 2.42. The van der Waals surface area contributed by atoms with Crippen molar-refractivity contribution in [3.8, 4) is 0 Å². The molecule has 0 amide bonds. The van der Waals surface area contributed by atoms with Crippen molar-refractivity contribution >= 4 is 11.9 Å². The van der Waals surface area contributed by atoms with Gasteiger partial charge in [0.2, 0.25) is 0 Å². The van der Waals surface area contributed by atoms with Gasteiger partial charge in [-0.25, -0.2) is 0 Å². The third kappa shape index (κ3) is 2.18. The monoisotopic (exact) mass is 187 g/mol. The lowest BCUT2D eigenvalue weighted by atomic mass is 9.96. The van der Waals surface area contributed by atoms with Crippen LogP contribution in [0, 0.1) is 5.92 Å². The summed E-state index contributed by atoms with van der Waals surface area (Å²) in [5, 5.41) is 17.2. The lowest BCUT2D eigenvalue weighted by molar-refractivity contribution is -0.144. The molecule has 0 aromatic rings. The minimum Gasteiger partial charge on any atom is -0.481 e. The summed E-state index contributed by atoms with van der Waals surface area (Å²) in [6.45, 7) is 0. The van der Waals surface area contributed by atoms with Crippen LogP contribution in [0.2, 0.25) is 0 Å². The molecule has 0 aromatic heterocycles. The highest BCUT2D eigenvalue weighted by molar-refractivity contribution is 5.79. The molecule has 0 aliphatic heterocycles. The fourth-order valence-electron chi connectivity index (χ4n) is 1.80. The number of nitrogens with two attached hydrogens (primary N) is 1. The van der Waals surface area contributed by atoms with Gasteiger partial charge in [0.05, 0.1) is 0 Å². The van der Waals surface area contributed by atoms with Gasteiger partial charge < -0.3 is 15.9 Å². The van der Waals surface area contributed by atoms with Crippen LogP contribution >= 0.6 is 0 Å². The van der Waals surface area contributed by atoms with E-state index < -0.39 is 17.5 Å². The Morgan fingerprint density at radius 2 is 2.08 bits per heavy atom. The van der Waals surface area contributed by atoms with Crippen molar-refractivity contribution in [2.75, 3.05) is 0 Å². The van der Waals surface area contributed by atoms with E-state index in [9.17, 15) is 9.59 Å². The Kier molecular flexibility index (Phi) is 2.56. The van der Waals surface area contributed by atoms with E-state index in [0.29, 0.717) is 12.8 Å². The van der Waals surface area contributed by atoms with Gasteiger partial charge in [-0.15, -0.1) is 0 Å². The van der Waals surface area contributed by atoms with Crippen molar-refractivity contribution < 1.29 is 19.8 Å². The van der Waals surface area contributed by atoms with Gasteiger partial charge in [0, 0.05) is 6.42 Å². The van der Waals surface area contributed by atoms with Crippen LogP contribution in [0.5, 0.6) is 0 Å². The molecule has 2 atom stereocenters. The summed E-state index contributed by atoms with van der Waals surface area (Å²) >= 11 is 0. The van der Waals surface area contributed by atoms with Gasteiger partial charge in [0.25, 0.3) is 0 Å². The van der Waals surface area contributed by atoms with Crippen LogP contribution in [0.25, 0.3) is 0 Å². The molecule has 4 N–H and O–H groups in total. The maximum atomic E-state index is 10.7. The van der Waals surface area contributed by atoms with Crippen LogP contribution in [-0.2, 0) is 9.59 Å². The van der Waals surface area contributed by atoms with Crippen LogP contribution < -0.4 is 5.73 Å². The largest absolute Gasteiger partial charge is 0.481 e. The Bertz CT molecular complexity index is 240. The van der Waals surface area contributed by atoms with Gasteiger partial charge >= 0.3 is 11.9 Å². The first-order valence-corrected chi connectivity index (χ1v) is 4.18. The van der Waals surface area contributed by atoms with Crippen LogP contribution in [0.4, 0.5) is 0 Å². The summed E-state index contributed by atoms with van der Waals surface area (Å²) in [6.07, 6.45) is 1.26. The molecule has 0 aromatic carbocycles. The molecule has 1 saturated carbocycles. The molecular formula is C8H13NO4. The maximum absolute atomic E-state index is 10.7. The second-order valence-corrected chi connectivity index (χ2v) is 3.67. The molecule has 1 aliphatic carbocycles. The smallest absolute Gasteiger partial charge is 0.323 e. The van der Waals surface area contributed by atoms with E-state index in [1.165, 1.54) is 0 Å². The normalized spacial score (nSPS) is 33.2. The minimum atomic E-state index is -1.19. The van der Waals surface area contributed by atoms with Crippen molar-refractivity contribution in [1.29, 1.82) is 0 Å². The maximum Gasteiger partial charge on any atom is 0.323 e. The predicted octanol–water partition coefficient (Wildman–Crippen LogP) is 0.0433. The van der Waals surface area contributed by atoms with Crippen LogP contribution in [-0.4, -0.2) is 27.7 Å². The third-order valence-electron chi connectivity index (χ3n) is 2.54. The Balaban J connectivity index is 2.53. The number of hydrogen-bond donors (Lipinski definition) is 3. The van der Waals surface area contributed by atoms with Crippen LogP contribution in [0.1, 0.15) is 25.7 Å². The standard InChI is InChI=1S/C8H13NO4/c9-8(7(12)13)2-1-5(4-8)3-6(10)11/h5H,1-4,9H2,(H,10,11)(H,12,13). The highest BCUT2D eigenvalue weighted by atomic mass is 16.4. The Hall–Kier alpha value is -1.10. The van der Waals surface area contributed by atoms with E-state index in [1.54, 1.807) is 0 Å². The average Bonchev–Trinajstić information content (AvgIpc) is 2.32. The zero-order valence-corrected chi connectivity index (χ0v) is 7.19. The predicted molar refractivity (Wildman–Crippen MR) is 44.1 cm³/mol. The van der Waals surface area contributed by atoms with E-state index >= 15 is 0 Å². The zero-order valence-electron chi connectivity index (χ0n) is 7.19. The number of carbonyl (C=O) groups is 2. The minimum absolute atomic E-state index is 0.0201. The molecule has 0 radical (unpaired) electrons. The van der Waals surface area contributed by atoms with Crippen molar-refractivity contribution in [2.24, 2.45) is 11.7 Å². The van der Waals surface area contributed by atoms with E-state index in [0.717, 1.165) is 0 Å². The first kappa shape index (κ1) is 9.98. The SMILES string of the molecule is NC1(C(=O)O)CCC(CC(=O)O)C1. The average molecular weight is 187 g/mol. The van der Waals surface area contributed by atoms with Gasteiger partial charge in [-0.2, -0.15) is 0 Å². The number of rotatable bonds is 3. The van der Waals surface area contributed by atoms with E-state index in [4.69, 9.17) is 15.9 Å². The summed E-state index contributed by atoms with van der Waals surface area (Å²) in [6, 6.07) is 0. The van der Waals surface area contributed by atoms with Gasteiger partial charge in [-0.3, -0.25) is 9.59 Å². The van der Waals surface area contributed by atoms with Crippen LogP contribution in [0.3, 0.4) is 0 Å². The number of hydrogen-bond acceptors (Lipinski definition) is 3. The van der Waals surface area contributed by atoms with E-state index in [1.807, 2.05) is 0 Å². The molecule has 0 saturated heterocycles. The molecule has 1 aliphatic rings. The zero-order chi connectivity index (χ0) is 10.1. The molecular weight excluding hydrogens is 174 g/mol. The Morgan fingerprint density at radius 1 is 1.46 bits per heavy atom. The summed E-state index contributed by atoms with van der Waals surface area (Å²) in [5.41, 5.74) is 4.38. The Morgan fingerprint density at radius 3 is 2.46 bits per heavy atom. The summed E-state index contributed by atoms with van der Waals surface area (Å²) < 4.78 is 0. The summed E-state index contributed by atoms with van der Waals surface area (Å²) in [5.74, 6) is -2.00. The molecule has 74 valence electrons. The van der Waals surface area contributed by atoms with Crippen molar-refractivity contribution in [3.05, 3.63) is 0 Å². The van der Waals surface area contributed by atoms with Crippen LogP contribution in [0.15, 0.2) is 0 Å². The summed E-state index contributed by atoms with van der Waals surface area (Å²) in [4.78, 5) is 21.0.